The third kappa shape index (κ3) is 3.34. The number of nitrogens with zero attached hydrogens (tertiary/aromatic N) is 3. The predicted octanol–water partition coefficient (Wildman–Crippen LogP) is 5.49. The summed E-state index contributed by atoms with van der Waals surface area (Å²) in [5.74, 6) is 0.571. The van der Waals surface area contributed by atoms with E-state index in [1.54, 1.807) is 25.1 Å². The van der Waals surface area contributed by atoms with Crippen LogP contribution in [0.5, 0.6) is 11.5 Å². The number of hydrogen-bond donors (Lipinski definition) is 0. The van der Waals surface area contributed by atoms with E-state index in [0.29, 0.717) is 34.1 Å². The van der Waals surface area contributed by atoms with Crippen LogP contribution in [0.4, 0.5) is 13.2 Å². The first-order valence-corrected chi connectivity index (χ1v) is 9.09. The van der Waals surface area contributed by atoms with Gasteiger partial charge in [-0.15, -0.1) is 0 Å². The topological polar surface area (TPSA) is 49.2 Å². The number of hydrogen-bond acceptors (Lipinski definition) is 4. The standard InChI is InChI=1S/C22H18F3N3O2/c1-12-20-16(21(24)25)11-17(13-4-9-18(29-2)19(10-13)30-3)26-22(20)28(27-12)15-7-5-14(23)6-8-15/h4-11,21H,1-3H3. The number of benzene rings is 2. The number of aryl methyl sites for hydroxylation is 1. The number of pyridine rings is 1. The molecule has 0 bridgehead atoms. The molecule has 4 aromatic rings. The lowest BCUT2D eigenvalue weighted by Gasteiger charge is -2.11. The van der Waals surface area contributed by atoms with Gasteiger partial charge in [-0.05, 0) is 55.5 Å². The zero-order valence-corrected chi connectivity index (χ0v) is 16.5. The fraction of sp³-hybridized carbons (Fsp3) is 0.182. The lowest BCUT2D eigenvalue weighted by Crippen LogP contribution is -2.00. The SMILES string of the molecule is COc1ccc(-c2cc(C(F)F)c3c(C)nn(-c4ccc(F)cc4)c3n2)cc1OC. The Morgan fingerprint density at radius 3 is 2.27 bits per heavy atom. The van der Waals surface area contributed by atoms with Crippen molar-refractivity contribution in [2.75, 3.05) is 14.2 Å². The highest BCUT2D eigenvalue weighted by molar-refractivity contribution is 5.86. The molecule has 0 fully saturated rings. The van der Waals surface area contributed by atoms with Gasteiger partial charge in [-0.25, -0.2) is 22.8 Å². The number of alkyl halides is 2. The lowest BCUT2D eigenvalue weighted by molar-refractivity contribution is 0.153. The molecule has 4 rings (SSSR count). The minimum absolute atomic E-state index is 0.171. The van der Waals surface area contributed by atoms with Crippen LogP contribution in [0.2, 0.25) is 0 Å². The van der Waals surface area contributed by atoms with Gasteiger partial charge in [0.1, 0.15) is 5.82 Å². The van der Waals surface area contributed by atoms with Crippen LogP contribution in [-0.4, -0.2) is 29.0 Å². The molecule has 2 aromatic carbocycles. The van der Waals surface area contributed by atoms with Crippen molar-refractivity contribution in [3.63, 3.8) is 0 Å². The van der Waals surface area contributed by atoms with E-state index in [9.17, 15) is 13.2 Å². The summed E-state index contributed by atoms with van der Waals surface area (Å²) >= 11 is 0. The average molecular weight is 413 g/mol. The second-order valence-electron chi connectivity index (χ2n) is 6.64. The molecule has 2 aromatic heterocycles. The Balaban J connectivity index is 1.98. The highest BCUT2D eigenvalue weighted by Gasteiger charge is 2.22. The molecule has 0 unspecified atom stereocenters. The molecule has 0 N–H and O–H groups in total. The maximum absolute atomic E-state index is 13.9. The van der Waals surface area contributed by atoms with E-state index in [1.807, 2.05) is 0 Å². The van der Waals surface area contributed by atoms with Crippen LogP contribution in [0.1, 0.15) is 17.7 Å². The Labute approximate surface area is 170 Å². The number of methoxy groups -OCH3 is 2. The van der Waals surface area contributed by atoms with Crippen LogP contribution in [-0.2, 0) is 0 Å². The van der Waals surface area contributed by atoms with E-state index >= 15 is 0 Å². The van der Waals surface area contributed by atoms with Gasteiger partial charge in [-0.2, -0.15) is 5.10 Å². The van der Waals surface area contributed by atoms with Crippen molar-refractivity contribution in [2.45, 2.75) is 13.3 Å². The Hall–Kier alpha value is -3.55. The normalized spacial score (nSPS) is 11.3. The molecule has 0 atom stereocenters. The van der Waals surface area contributed by atoms with Gasteiger partial charge in [0.15, 0.2) is 17.1 Å². The molecule has 0 aliphatic rings. The highest BCUT2D eigenvalue weighted by atomic mass is 19.3. The quantitative estimate of drug-likeness (QED) is 0.434. The summed E-state index contributed by atoms with van der Waals surface area (Å²) in [5, 5.41) is 4.66. The third-order valence-corrected chi connectivity index (χ3v) is 4.83. The molecule has 5 nitrogen and oxygen atoms in total. The summed E-state index contributed by atoms with van der Waals surface area (Å²) in [6.07, 6.45) is -2.72. The molecule has 2 heterocycles. The van der Waals surface area contributed by atoms with Gasteiger partial charge in [0.25, 0.3) is 6.43 Å². The van der Waals surface area contributed by atoms with Gasteiger partial charge >= 0.3 is 0 Å². The van der Waals surface area contributed by atoms with Gasteiger partial charge in [0.2, 0.25) is 0 Å². The Bertz CT molecular complexity index is 1220. The minimum Gasteiger partial charge on any atom is -0.493 e. The van der Waals surface area contributed by atoms with Crippen LogP contribution in [0, 0.1) is 12.7 Å². The maximum Gasteiger partial charge on any atom is 0.264 e. The molecule has 154 valence electrons. The number of aromatic nitrogens is 3. The minimum atomic E-state index is -2.72. The molecule has 0 amide bonds. The zero-order valence-electron chi connectivity index (χ0n) is 16.5. The molecule has 8 heteroatoms. The molecule has 0 aliphatic carbocycles. The van der Waals surface area contributed by atoms with Crippen LogP contribution in [0.25, 0.3) is 28.0 Å². The highest BCUT2D eigenvalue weighted by Crippen LogP contribution is 2.36. The van der Waals surface area contributed by atoms with Crippen molar-refractivity contribution in [1.82, 2.24) is 14.8 Å². The molecule has 0 spiro atoms. The van der Waals surface area contributed by atoms with Crippen LogP contribution < -0.4 is 9.47 Å². The Morgan fingerprint density at radius 2 is 1.63 bits per heavy atom. The van der Waals surface area contributed by atoms with E-state index in [4.69, 9.17) is 9.47 Å². The summed E-state index contributed by atoms with van der Waals surface area (Å²) in [5.41, 5.74) is 1.95. The number of rotatable bonds is 5. The van der Waals surface area contributed by atoms with Crippen molar-refractivity contribution in [3.05, 3.63) is 65.6 Å². The van der Waals surface area contributed by atoms with Gasteiger partial charge in [0, 0.05) is 11.1 Å². The monoisotopic (exact) mass is 413 g/mol. The smallest absolute Gasteiger partial charge is 0.264 e. The number of fused-ring (bicyclic) bond motifs is 1. The van der Waals surface area contributed by atoms with Crippen molar-refractivity contribution >= 4 is 11.0 Å². The van der Waals surface area contributed by atoms with Crippen molar-refractivity contribution < 1.29 is 22.6 Å². The third-order valence-electron chi connectivity index (χ3n) is 4.83. The number of ether oxygens (including phenoxy) is 2. The van der Waals surface area contributed by atoms with Gasteiger partial charge in [0.05, 0.1) is 36.7 Å². The second-order valence-corrected chi connectivity index (χ2v) is 6.64. The zero-order chi connectivity index (χ0) is 21.4. The molecule has 0 saturated carbocycles. The van der Waals surface area contributed by atoms with E-state index in [1.165, 1.54) is 49.2 Å². The van der Waals surface area contributed by atoms with Crippen molar-refractivity contribution in [3.8, 4) is 28.4 Å². The van der Waals surface area contributed by atoms with Gasteiger partial charge in [-0.3, -0.25) is 0 Å². The summed E-state index contributed by atoms with van der Waals surface area (Å²) in [7, 11) is 3.01. The predicted molar refractivity (Wildman–Crippen MR) is 107 cm³/mol. The molecular weight excluding hydrogens is 395 g/mol. The summed E-state index contributed by atoms with van der Waals surface area (Å²) in [4.78, 5) is 4.62. The number of halogens is 3. The summed E-state index contributed by atoms with van der Waals surface area (Å²) in [6.45, 7) is 1.64. The first-order valence-electron chi connectivity index (χ1n) is 9.09. The molecule has 0 saturated heterocycles. The first kappa shape index (κ1) is 19.8. The van der Waals surface area contributed by atoms with Crippen LogP contribution in [0.15, 0.2) is 48.5 Å². The molecule has 30 heavy (non-hydrogen) atoms. The maximum atomic E-state index is 13.9. The fourth-order valence-corrected chi connectivity index (χ4v) is 3.40. The van der Waals surface area contributed by atoms with Crippen molar-refractivity contribution in [1.29, 1.82) is 0 Å². The van der Waals surface area contributed by atoms with Gasteiger partial charge < -0.3 is 9.47 Å². The average Bonchev–Trinajstić information content (AvgIpc) is 3.09. The summed E-state index contributed by atoms with van der Waals surface area (Å²) < 4.78 is 53.2. The first-order chi connectivity index (χ1) is 14.4. The lowest BCUT2D eigenvalue weighted by atomic mass is 10.1. The fourth-order valence-electron chi connectivity index (χ4n) is 3.40. The van der Waals surface area contributed by atoms with Crippen LogP contribution >= 0.6 is 0 Å². The van der Waals surface area contributed by atoms with Crippen LogP contribution in [0.3, 0.4) is 0 Å². The van der Waals surface area contributed by atoms with E-state index in [2.05, 4.69) is 10.1 Å². The van der Waals surface area contributed by atoms with Crippen molar-refractivity contribution in [2.24, 2.45) is 0 Å². The molecular formula is C22H18F3N3O2. The van der Waals surface area contributed by atoms with Gasteiger partial charge in [-0.1, -0.05) is 0 Å². The summed E-state index contributed by atoms with van der Waals surface area (Å²) in [6, 6.07) is 12.0. The van der Waals surface area contributed by atoms with E-state index < -0.39 is 12.2 Å². The second kappa shape index (κ2) is 7.70. The molecule has 0 aliphatic heterocycles. The van der Waals surface area contributed by atoms with E-state index in [-0.39, 0.29) is 16.6 Å². The molecule has 0 radical (unpaired) electrons. The Morgan fingerprint density at radius 1 is 0.933 bits per heavy atom. The van der Waals surface area contributed by atoms with E-state index in [0.717, 1.165) is 0 Å². The Kier molecular flexibility index (Phi) is 5.07. The largest absolute Gasteiger partial charge is 0.493 e.